The van der Waals surface area contributed by atoms with Gasteiger partial charge in [0.2, 0.25) is 0 Å². The molecule has 0 radical (unpaired) electrons. The van der Waals surface area contributed by atoms with Crippen molar-refractivity contribution in [3.05, 3.63) is 28.5 Å². The lowest BCUT2D eigenvalue weighted by Gasteiger charge is -2.10. The molecule has 2 saturated heterocycles. The third kappa shape index (κ3) is 9.87. The van der Waals surface area contributed by atoms with Gasteiger partial charge in [-0.05, 0) is 22.0 Å². The summed E-state index contributed by atoms with van der Waals surface area (Å²) in [5, 5.41) is 6.32. The summed E-state index contributed by atoms with van der Waals surface area (Å²) in [4.78, 5) is 3.51. The van der Waals surface area contributed by atoms with E-state index in [2.05, 4.69) is 31.5 Å². The van der Waals surface area contributed by atoms with Gasteiger partial charge in [-0.3, -0.25) is 4.98 Å². The number of ether oxygens (including phenoxy) is 2. The van der Waals surface area contributed by atoms with Crippen molar-refractivity contribution < 1.29 is 22.6 Å². The number of rotatable bonds is 0. The Kier molecular flexibility index (Phi) is 10.4. The Balaban J connectivity index is 0.000000187. The van der Waals surface area contributed by atoms with Crippen LogP contribution in [0.2, 0.25) is 0 Å². The molecule has 1 aromatic rings. The number of aromatic nitrogens is 1. The van der Waals surface area contributed by atoms with Gasteiger partial charge in [-0.25, -0.2) is 0 Å². The normalized spacial score (nSPS) is 18.1. The highest BCUT2D eigenvalue weighted by Gasteiger charge is 2.32. The molecule has 3 heterocycles. The summed E-state index contributed by atoms with van der Waals surface area (Å²) in [7, 11) is 0. The highest BCUT2D eigenvalue weighted by atomic mass is 79.9. The van der Waals surface area contributed by atoms with E-state index in [0.29, 0.717) is 0 Å². The van der Waals surface area contributed by atoms with Crippen molar-refractivity contribution in [1.29, 1.82) is 0 Å². The van der Waals surface area contributed by atoms with Crippen LogP contribution in [0.5, 0.6) is 0 Å². The molecule has 0 aromatic carbocycles. The molecular weight excluding hydrogens is 379 g/mol. The molecule has 5 nitrogen and oxygen atoms in total. The number of nitrogens with one attached hydrogen (secondary N) is 2. The van der Waals surface area contributed by atoms with Crippen LogP contribution in [-0.2, 0) is 15.7 Å². The zero-order chi connectivity index (χ0) is 17.0. The van der Waals surface area contributed by atoms with E-state index in [-0.39, 0.29) is 4.47 Å². The van der Waals surface area contributed by atoms with Crippen LogP contribution in [-0.4, -0.2) is 57.6 Å². The van der Waals surface area contributed by atoms with Gasteiger partial charge in [0.25, 0.3) is 0 Å². The minimum Gasteiger partial charge on any atom is -0.379 e. The number of morpholine rings is 2. The molecule has 2 aliphatic heterocycles. The minimum atomic E-state index is -4.30. The van der Waals surface area contributed by atoms with Crippen LogP contribution in [0.15, 0.2) is 22.9 Å². The Hall–Kier alpha value is -0.740. The van der Waals surface area contributed by atoms with E-state index in [1.807, 2.05) is 0 Å². The van der Waals surface area contributed by atoms with E-state index in [1.54, 1.807) is 0 Å². The van der Waals surface area contributed by atoms with Crippen LogP contribution in [0.25, 0.3) is 0 Å². The van der Waals surface area contributed by atoms with Gasteiger partial charge in [0.05, 0.1) is 32.0 Å². The van der Waals surface area contributed by atoms with E-state index >= 15 is 0 Å². The van der Waals surface area contributed by atoms with Crippen molar-refractivity contribution in [3.63, 3.8) is 0 Å². The maximum atomic E-state index is 12.0. The lowest BCUT2D eigenvalue weighted by molar-refractivity contribution is -0.138. The summed E-state index contributed by atoms with van der Waals surface area (Å²) in [6.07, 6.45) is -2.09. The van der Waals surface area contributed by atoms with Crippen molar-refractivity contribution in [2.75, 3.05) is 52.6 Å². The molecule has 0 aliphatic carbocycles. The molecule has 9 heteroatoms. The fraction of sp³-hybridized carbons (Fsp3) is 0.643. The summed E-state index contributed by atoms with van der Waals surface area (Å²) in [5.74, 6) is 0. The number of hydrogen-bond acceptors (Lipinski definition) is 5. The van der Waals surface area contributed by atoms with E-state index in [9.17, 15) is 13.2 Å². The Morgan fingerprint density at radius 1 is 0.957 bits per heavy atom. The molecule has 0 amide bonds. The number of alkyl halides is 3. The van der Waals surface area contributed by atoms with E-state index in [0.717, 1.165) is 71.1 Å². The second kappa shape index (κ2) is 11.7. The first kappa shape index (κ1) is 20.3. The topological polar surface area (TPSA) is 55.4 Å². The summed E-state index contributed by atoms with van der Waals surface area (Å²) >= 11 is 2.75. The molecule has 2 fully saturated rings. The molecule has 0 saturated carbocycles. The number of pyridine rings is 1. The largest absolute Gasteiger partial charge is 0.417 e. The molecule has 2 N–H and O–H groups in total. The molecule has 0 bridgehead atoms. The van der Waals surface area contributed by atoms with Gasteiger partial charge in [-0.1, -0.05) is 0 Å². The van der Waals surface area contributed by atoms with Gasteiger partial charge in [0.1, 0.15) is 0 Å². The van der Waals surface area contributed by atoms with Crippen LogP contribution >= 0.6 is 15.9 Å². The van der Waals surface area contributed by atoms with E-state index in [1.165, 1.54) is 0 Å². The maximum Gasteiger partial charge on any atom is 0.417 e. The lowest BCUT2D eigenvalue weighted by Crippen LogP contribution is -2.30. The van der Waals surface area contributed by atoms with Gasteiger partial charge >= 0.3 is 6.18 Å². The average Bonchev–Trinajstić information content (AvgIpc) is 2.58. The molecule has 0 unspecified atom stereocenters. The van der Waals surface area contributed by atoms with Crippen LogP contribution in [0.3, 0.4) is 0 Å². The van der Waals surface area contributed by atoms with Gasteiger partial charge in [0, 0.05) is 43.0 Å². The molecule has 2 aliphatic rings. The predicted octanol–water partition coefficient (Wildman–Crippen LogP) is 2.08. The zero-order valence-corrected chi connectivity index (χ0v) is 14.3. The Morgan fingerprint density at radius 2 is 1.43 bits per heavy atom. The highest BCUT2D eigenvalue weighted by molar-refractivity contribution is 9.10. The second-order valence-electron chi connectivity index (χ2n) is 4.58. The fourth-order valence-electron chi connectivity index (χ4n) is 1.64. The van der Waals surface area contributed by atoms with Crippen molar-refractivity contribution in [1.82, 2.24) is 15.6 Å². The van der Waals surface area contributed by atoms with Crippen molar-refractivity contribution in [2.24, 2.45) is 0 Å². The summed E-state index contributed by atoms with van der Waals surface area (Å²) in [6, 6.07) is 0.921. The van der Waals surface area contributed by atoms with Crippen molar-refractivity contribution in [2.45, 2.75) is 6.18 Å². The van der Waals surface area contributed by atoms with Crippen LogP contribution in [0.1, 0.15) is 5.56 Å². The van der Waals surface area contributed by atoms with Crippen LogP contribution < -0.4 is 10.6 Å². The average molecular weight is 400 g/mol. The molecule has 132 valence electrons. The fourth-order valence-corrected chi connectivity index (χ4v) is 2.11. The van der Waals surface area contributed by atoms with Gasteiger partial charge in [-0.2, -0.15) is 13.2 Å². The third-order valence-corrected chi connectivity index (χ3v) is 3.40. The van der Waals surface area contributed by atoms with Crippen LogP contribution in [0, 0.1) is 0 Å². The molecule has 0 spiro atoms. The highest BCUT2D eigenvalue weighted by Crippen LogP contribution is 2.33. The SMILES string of the molecule is C1COCCN1.C1COCCN1.FC(F)(F)c1ccncc1Br. The molecule has 0 atom stereocenters. The Bertz CT molecular complexity index is 393. The summed E-state index contributed by atoms with van der Waals surface area (Å²) in [5.41, 5.74) is -0.701. The number of nitrogens with zero attached hydrogens (tertiary/aromatic N) is 1. The first-order chi connectivity index (χ1) is 11.0. The molecule has 3 rings (SSSR count). The Morgan fingerprint density at radius 3 is 1.65 bits per heavy atom. The first-order valence-electron chi connectivity index (χ1n) is 7.25. The van der Waals surface area contributed by atoms with Crippen LogP contribution in [0.4, 0.5) is 13.2 Å². The molecule has 23 heavy (non-hydrogen) atoms. The van der Waals surface area contributed by atoms with Crippen molar-refractivity contribution in [3.8, 4) is 0 Å². The lowest BCUT2D eigenvalue weighted by atomic mass is 10.3. The quantitative estimate of drug-likeness (QED) is 0.699. The van der Waals surface area contributed by atoms with E-state index in [4.69, 9.17) is 9.47 Å². The van der Waals surface area contributed by atoms with Gasteiger partial charge in [-0.15, -0.1) is 0 Å². The second-order valence-corrected chi connectivity index (χ2v) is 5.43. The molecular formula is C14H21BrF3N3O2. The van der Waals surface area contributed by atoms with Gasteiger partial charge in [0.15, 0.2) is 0 Å². The van der Waals surface area contributed by atoms with Gasteiger partial charge < -0.3 is 20.1 Å². The zero-order valence-electron chi connectivity index (χ0n) is 12.7. The predicted molar refractivity (Wildman–Crippen MR) is 84.3 cm³/mol. The monoisotopic (exact) mass is 399 g/mol. The minimum absolute atomic E-state index is 0.0347. The first-order valence-corrected chi connectivity index (χ1v) is 8.04. The summed E-state index contributed by atoms with van der Waals surface area (Å²) < 4.78 is 46.0. The standard InChI is InChI=1S/C6H3BrF3N.2C4H9NO/c7-5-3-11-2-1-4(5)6(8,9)10;2*1-3-6-4-2-5-1/h1-3H;2*5H,1-4H2. The summed E-state index contributed by atoms with van der Waals surface area (Å²) in [6.45, 7) is 7.67. The molecule has 1 aromatic heterocycles. The number of halogens is 4. The Labute approximate surface area is 142 Å². The third-order valence-electron chi connectivity index (χ3n) is 2.77. The van der Waals surface area contributed by atoms with Crippen molar-refractivity contribution >= 4 is 15.9 Å². The number of hydrogen-bond donors (Lipinski definition) is 2. The maximum absolute atomic E-state index is 12.0. The van der Waals surface area contributed by atoms with E-state index < -0.39 is 11.7 Å². The smallest absolute Gasteiger partial charge is 0.379 e.